The van der Waals surface area contributed by atoms with Gasteiger partial charge >= 0.3 is 13.1 Å². The van der Waals surface area contributed by atoms with Crippen LogP contribution in [0, 0.1) is 0 Å². The molecule has 1 fully saturated rings. The van der Waals surface area contributed by atoms with Crippen LogP contribution in [0.5, 0.6) is 0 Å². The van der Waals surface area contributed by atoms with Crippen LogP contribution in [-0.2, 0) is 9.59 Å². The van der Waals surface area contributed by atoms with Crippen LogP contribution in [0.3, 0.4) is 0 Å². The second-order valence-corrected chi connectivity index (χ2v) is 5.82. The number of hydrogen-bond donors (Lipinski definition) is 4. The molecular weight excluding hydrogens is 346 g/mol. The Balaban J connectivity index is 0. The number of nitrogens with two attached hydrogens (primary N) is 1. The standard InChI is InChI=1S/C13H25BN2O5.2ClH/c15-13(12(18)19,5-1-2-7-14(20)21)6-10-16-8-3-11(17)4-9-16;;/h20-21H,1-10,15H2,(H,18,19);2*1H. The first-order valence-corrected chi connectivity index (χ1v) is 7.46. The molecule has 0 aliphatic carbocycles. The van der Waals surface area contributed by atoms with Gasteiger partial charge in [0.25, 0.3) is 0 Å². The molecule has 7 nitrogen and oxygen atoms in total. The number of ketones is 1. The molecule has 1 atom stereocenters. The summed E-state index contributed by atoms with van der Waals surface area (Å²) in [6, 6.07) is 0. The highest BCUT2D eigenvalue weighted by molar-refractivity contribution is 6.40. The van der Waals surface area contributed by atoms with E-state index < -0.39 is 18.6 Å². The van der Waals surface area contributed by atoms with E-state index in [1.54, 1.807) is 0 Å². The van der Waals surface area contributed by atoms with Crippen molar-refractivity contribution in [2.24, 2.45) is 5.73 Å². The maximum atomic E-state index is 11.4. The molecule has 0 radical (unpaired) electrons. The molecule has 10 heteroatoms. The van der Waals surface area contributed by atoms with Crippen molar-refractivity contribution >= 4 is 43.7 Å². The normalized spacial score (nSPS) is 17.6. The predicted octanol–water partition coefficient (Wildman–Crippen LogP) is 0.310. The molecule has 1 rings (SSSR count). The van der Waals surface area contributed by atoms with Gasteiger partial charge in [0, 0.05) is 32.5 Å². The molecule has 0 spiro atoms. The van der Waals surface area contributed by atoms with Crippen molar-refractivity contribution in [1.82, 2.24) is 4.90 Å². The van der Waals surface area contributed by atoms with Crippen molar-refractivity contribution in [2.75, 3.05) is 19.6 Å². The minimum absolute atomic E-state index is 0. The van der Waals surface area contributed by atoms with E-state index in [9.17, 15) is 14.7 Å². The van der Waals surface area contributed by atoms with Gasteiger partial charge in [-0.25, -0.2) is 0 Å². The average molecular weight is 373 g/mol. The van der Waals surface area contributed by atoms with Gasteiger partial charge in [0.15, 0.2) is 0 Å². The molecular formula is C13H27BCl2N2O5. The molecule has 1 aliphatic heterocycles. The third kappa shape index (κ3) is 9.49. The number of carbonyl (C=O) groups excluding carboxylic acids is 1. The highest BCUT2D eigenvalue weighted by Crippen LogP contribution is 2.19. The van der Waals surface area contributed by atoms with Crippen LogP contribution in [0.2, 0.25) is 6.32 Å². The van der Waals surface area contributed by atoms with Gasteiger partial charge in [0.2, 0.25) is 0 Å². The lowest BCUT2D eigenvalue weighted by Gasteiger charge is -2.31. The number of carboxylic acid groups (broad SMARTS) is 1. The molecule has 0 amide bonds. The fourth-order valence-electron chi connectivity index (χ4n) is 2.49. The summed E-state index contributed by atoms with van der Waals surface area (Å²) in [7, 11) is -1.35. The van der Waals surface area contributed by atoms with Gasteiger partial charge in [-0.3, -0.25) is 9.59 Å². The van der Waals surface area contributed by atoms with Crippen molar-refractivity contribution < 1.29 is 24.7 Å². The lowest BCUT2D eigenvalue weighted by atomic mass is 9.81. The van der Waals surface area contributed by atoms with Crippen molar-refractivity contribution in [3.05, 3.63) is 0 Å². The van der Waals surface area contributed by atoms with E-state index in [-0.39, 0.29) is 36.9 Å². The summed E-state index contributed by atoms with van der Waals surface area (Å²) in [5.41, 5.74) is 4.69. The first-order valence-electron chi connectivity index (χ1n) is 7.46. The zero-order valence-corrected chi connectivity index (χ0v) is 14.8. The van der Waals surface area contributed by atoms with E-state index in [2.05, 4.69) is 4.90 Å². The molecule has 1 saturated heterocycles. The Kier molecular flexibility index (Phi) is 13.0. The molecule has 1 aliphatic rings. The van der Waals surface area contributed by atoms with Crippen molar-refractivity contribution in [3.63, 3.8) is 0 Å². The number of unbranched alkanes of at least 4 members (excludes halogenated alkanes) is 1. The monoisotopic (exact) mass is 372 g/mol. The molecule has 23 heavy (non-hydrogen) atoms. The Morgan fingerprint density at radius 3 is 2.22 bits per heavy atom. The highest BCUT2D eigenvalue weighted by Gasteiger charge is 2.34. The van der Waals surface area contributed by atoms with Crippen molar-refractivity contribution in [3.8, 4) is 0 Å². The van der Waals surface area contributed by atoms with Gasteiger partial charge in [0.05, 0.1) is 0 Å². The Labute approximate surface area is 149 Å². The summed E-state index contributed by atoms with van der Waals surface area (Å²) in [5, 5.41) is 26.8. The maximum Gasteiger partial charge on any atom is 0.451 e. The van der Waals surface area contributed by atoms with Crippen molar-refractivity contribution in [2.45, 2.75) is 50.4 Å². The smallest absolute Gasteiger partial charge is 0.451 e. The fraction of sp³-hybridized carbons (Fsp3) is 0.846. The number of carboxylic acids is 1. The van der Waals surface area contributed by atoms with Gasteiger partial charge in [0.1, 0.15) is 11.3 Å². The maximum absolute atomic E-state index is 11.4. The number of Topliss-reactive ketones (excluding diaryl/α,β-unsaturated/α-hetero) is 1. The molecule has 0 aromatic heterocycles. The minimum atomic E-state index is -1.35. The molecule has 0 aromatic rings. The molecule has 1 unspecified atom stereocenters. The van der Waals surface area contributed by atoms with Crippen LogP contribution in [0.4, 0.5) is 0 Å². The molecule has 136 valence electrons. The second-order valence-electron chi connectivity index (χ2n) is 5.82. The van der Waals surface area contributed by atoms with Crippen LogP contribution in [0.25, 0.3) is 0 Å². The summed E-state index contributed by atoms with van der Waals surface area (Å²) in [6.07, 6.45) is 2.99. The fourth-order valence-corrected chi connectivity index (χ4v) is 2.49. The Hall–Kier alpha value is -0.375. The van der Waals surface area contributed by atoms with Crippen LogP contribution in [-0.4, -0.2) is 64.1 Å². The molecule has 0 bridgehead atoms. The summed E-state index contributed by atoms with van der Waals surface area (Å²) in [6.45, 7) is 1.91. The van der Waals surface area contributed by atoms with Gasteiger partial charge < -0.3 is 25.8 Å². The summed E-state index contributed by atoms with van der Waals surface area (Å²) >= 11 is 0. The van der Waals surface area contributed by atoms with E-state index in [0.29, 0.717) is 58.2 Å². The van der Waals surface area contributed by atoms with E-state index in [0.717, 1.165) is 0 Å². The minimum Gasteiger partial charge on any atom is -0.480 e. The van der Waals surface area contributed by atoms with Crippen LogP contribution in [0.1, 0.15) is 38.5 Å². The summed E-state index contributed by atoms with van der Waals surface area (Å²) in [5.74, 6) is -0.772. The number of likely N-dealkylation sites (tertiary alicyclic amines) is 1. The van der Waals surface area contributed by atoms with Crippen LogP contribution in [0.15, 0.2) is 0 Å². The van der Waals surface area contributed by atoms with Crippen LogP contribution < -0.4 is 5.73 Å². The Morgan fingerprint density at radius 2 is 1.74 bits per heavy atom. The SMILES string of the molecule is Cl.Cl.NC(CCCCB(O)O)(CCN1CCC(=O)CC1)C(=O)O. The number of rotatable bonds is 9. The number of hydrogen-bond acceptors (Lipinski definition) is 6. The summed E-state index contributed by atoms with van der Waals surface area (Å²) < 4.78 is 0. The highest BCUT2D eigenvalue weighted by atomic mass is 35.5. The largest absolute Gasteiger partial charge is 0.480 e. The molecule has 0 aromatic carbocycles. The quantitative estimate of drug-likeness (QED) is 0.339. The number of aliphatic carboxylic acids is 1. The number of carbonyl (C=O) groups is 2. The lowest BCUT2D eigenvalue weighted by molar-refractivity contribution is -0.144. The predicted molar refractivity (Wildman–Crippen MR) is 93.2 cm³/mol. The van der Waals surface area contributed by atoms with E-state index in [1.807, 2.05) is 0 Å². The third-order valence-electron chi connectivity index (χ3n) is 4.05. The summed E-state index contributed by atoms with van der Waals surface area (Å²) in [4.78, 5) is 24.6. The molecule has 1 heterocycles. The molecule has 5 N–H and O–H groups in total. The number of piperidine rings is 1. The first kappa shape index (κ1) is 24.9. The number of nitrogens with zero attached hydrogens (tertiary/aromatic N) is 1. The second kappa shape index (κ2) is 12.1. The lowest BCUT2D eigenvalue weighted by Crippen LogP contribution is -2.50. The van der Waals surface area contributed by atoms with Crippen LogP contribution >= 0.6 is 24.8 Å². The van der Waals surface area contributed by atoms with Crippen molar-refractivity contribution in [1.29, 1.82) is 0 Å². The zero-order chi connectivity index (χ0) is 15.9. The average Bonchev–Trinajstić information content (AvgIpc) is 2.42. The topological polar surface area (TPSA) is 124 Å². The Bertz CT molecular complexity index is 366. The van der Waals surface area contributed by atoms with Gasteiger partial charge in [-0.2, -0.15) is 0 Å². The van der Waals surface area contributed by atoms with E-state index in [1.165, 1.54) is 0 Å². The van der Waals surface area contributed by atoms with Gasteiger partial charge in [-0.15, -0.1) is 24.8 Å². The van der Waals surface area contributed by atoms with E-state index in [4.69, 9.17) is 15.8 Å². The number of halogens is 2. The van der Waals surface area contributed by atoms with Gasteiger partial charge in [-0.1, -0.05) is 12.8 Å². The first-order chi connectivity index (χ1) is 9.83. The van der Waals surface area contributed by atoms with E-state index >= 15 is 0 Å². The third-order valence-corrected chi connectivity index (χ3v) is 4.05. The zero-order valence-electron chi connectivity index (χ0n) is 13.1. The molecule has 0 saturated carbocycles. The van der Waals surface area contributed by atoms with Gasteiger partial charge in [-0.05, 0) is 19.2 Å². The Morgan fingerprint density at radius 1 is 1.17 bits per heavy atom.